The highest BCUT2D eigenvalue weighted by Crippen LogP contribution is 2.10. The summed E-state index contributed by atoms with van der Waals surface area (Å²) in [6.45, 7) is 3.25. The van der Waals surface area contributed by atoms with E-state index in [1.165, 1.54) is 11.1 Å². The third kappa shape index (κ3) is 4.99. The second-order valence-electron chi connectivity index (χ2n) is 5.13. The van der Waals surface area contributed by atoms with Crippen LogP contribution in [0.5, 0.6) is 0 Å². The van der Waals surface area contributed by atoms with Crippen LogP contribution in [-0.2, 0) is 12.8 Å². The Morgan fingerprint density at radius 1 is 0.950 bits per heavy atom. The normalized spacial score (nSPS) is 12.3. The minimum absolute atomic E-state index is 0.546. The minimum atomic E-state index is 0.546. The van der Waals surface area contributed by atoms with Crippen molar-refractivity contribution in [3.05, 3.63) is 70.7 Å². The lowest BCUT2D eigenvalue weighted by molar-refractivity contribution is 0.498. The molecule has 0 saturated carbocycles. The van der Waals surface area contributed by atoms with E-state index in [2.05, 4.69) is 54.7 Å². The van der Waals surface area contributed by atoms with Crippen molar-refractivity contribution in [3.63, 3.8) is 0 Å². The maximum absolute atomic E-state index is 5.89. The van der Waals surface area contributed by atoms with Crippen LogP contribution in [0.1, 0.15) is 24.5 Å². The summed E-state index contributed by atoms with van der Waals surface area (Å²) in [5, 5.41) is 4.45. The average molecular weight is 288 g/mol. The molecule has 0 aliphatic carbocycles. The molecule has 106 valence electrons. The average Bonchev–Trinajstić information content (AvgIpc) is 2.49. The topological polar surface area (TPSA) is 12.0 Å². The summed E-state index contributed by atoms with van der Waals surface area (Å²) >= 11 is 5.89. The molecule has 1 unspecified atom stereocenters. The van der Waals surface area contributed by atoms with E-state index in [1.807, 2.05) is 12.1 Å². The highest BCUT2D eigenvalue weighted by molar-refractivity contribution is 6.30. The van der Waals surface area contributed by atoms with Crippen LogP contribution < -0.4 is 5.32 Å². The Kier molecular flexibility index (Phi) is 6.10. The summed E-state index contributed by atoms with van der Waals surface area (Å²) in [6.07, 6.45) is 3.29. The Balaban J connectivity index is 1.78. The van der Waals surface area contributed by atoms with E-state index in [0.29, 0.717) is 6.04 Å². The molecule has 0 fully saturated rings. The lowest BCUT2D eigenvalue weighted by atomic mass is 10.0. The SMILES string of the molecule is CCC(Cc1ccccc1)NCCc1ccc(Cl)cc1. The number of hydrogen-bond acceptors (Lipinski definition) is 1. The molecule has 20 heavy (non-hydrogen) atoms. The van der Waals surface area contributed by atoms with Gasteiger partial charge in [-0.15, -0.1) is 0 Å². The number of nitrogens with one attached hydrogen (secondary N) is 1. The van der Waals surface area contributed by atoms with Gasteiger partial charge in [0, 0.05) is 11.1 Å². The van der Waals surface area contributed by atoms with Crippen molar-refractivity contribution in [3.8, 4) is 0 Å². The Hall–Kier alpha value is -1.31. The maximum Gasteiger partial charge on any atom is 0.0406 e. The number of benzene rings is 2. The molecule has 0 aliphatic rings. The van der Waals surface area contributed by atoms with Gasteiger partial charge >= 0.3 is 0 Å². The molecular weight excluding hydrogens is 266 g/mol. The summed E-state index contributed by atoms with van der Waals surface area (Å²) in [6, 6.07) is 19.3. The van der Waals surface area contributed by atoms with Crippen LogP contribution >= 0.6 is 11.6 Å². The molecule has 1 atom stereocenters. The first-order valence-corrected chi connectivity index (χ1v) is 7.67. The maximum atomic E-state index is 5.89. The van der Waals surface area contributed by atoms with Gasteiger partial charge in [-0.1, -0.05) is 61.0 Å². The van der Waals surface area contributed by atoms with Gasteiger partial charge in [0.25, 0.3) is 0 Å². The van der Waals surface area contributed by atoms with Crippen LogP contribution in [0.15, 0.2) is 54.6 Å². The van der Waals surface area contributed by atoms with Crippen molar-refractivity contribution >= 4 is 11.6 Å². The molecule has 0 saturated heterocycles. The van der Waals surface area contributed by atoms with E-state index in [1.54, 1.807) is 0 Å². The smallest absolute Gasteiger partial charge is 0.0406 e. The Morgan fingerprint density at radius 3 is 2.30 bits per heavy atom. The van der Waals surface area contributed by atoms with E-state index in [4.69, 9.17) is 11.6 Å². The van der Waals surface area contributed by atoms with Crippen LogP contribution in [0.25, 0.3) is 0 Å². The van der Waals surface area contributed by atoms with Crippen LogP contribution in [0, 0.1) is 0 Å². The molecule has 2 rings (SSSR count). The zero-order chi connectivity index (χ0) is 14.2. The first-order valence-electron chi connectivity index (χ1n) is 7.29. The zero-order valence-corrected chi connectivity index (χ0v) is 12.7. The molecule has 2 heteroatoms. The second-order valence-corrected chi connectivity index (χ2v) is 5.56. The Morgan fingerprint density at radius 2 is 1.65 bits per heavy atom. The molecule has 2 aromatic rings. The fourth-order valence-corrected chi connectivity index (χ4v) is 2.46. The van der Waals surface area contributed by atoms with Crippen molar-refractivity contribution in [2.45, 2.75) is 32.2 Å². The number of halogens is 1. The van der Waals surface area contributed by atoms with Gasteiger partial charge in [0.15, 0.2) is 0 Å². The monoisotopic (exact) mass is 287 g/mol. The molecule has 0 bridgehead atoms. The van der Waals surface area contributed by atoms with Crippen molar-refractivity contribution in [2.24, 2.45) is 0 Å². The standard InChI is InChI=1S/C18H22ClN/c1-2-18(14-16-6-4-3-5-7-16)20-13-12-15-8-10-17(19)11-9-15/h3-11,18,20H,2,12-14H2,1H3. The zero-order valence-electron chi connectivity index (χ0n) is 12.0. The van der Waals surface area contributed by atoms with Crippen molar-refractivity contribution < 1.29 is 0 Å². The predicted molar refractivity (Wildman–Crippen MR) is 87.4 cm³/mol. The van der Waals surface area contributed by atoms with E-state index >= 15 is 0 Å². The third-order valence-electron chi connectivity index (χ3n) is 3.58. The Labute approximate surface area is 127 Å². The van der Waals surface area contributed by atoms with Crippen molar-refractivity contribution in [2.75, 3.05) is 6.54 Å². The van der Waals surface area contributed by atoms with Gasteiger partial charge in [-0.25, -0.2) is 0 Å². The lowest BCUT2D eigenvalue weighted by Crippen LogP contribution is -2.32. The lowest BCUT2D eigenvalue weighted by Gasteiger charge is -2.17. The largest absolute Gasteiger partial charge is 0.313 e. The molecule has 0 amide bonds. The van der Waals surface area contributed by atoms with Gasteiger partial charge in [-0.3, -0.25) is 0 Å². The number of hydrogen-bond donors (Lipinski definition) is 1. The fraction of sp³-hybridized carbons (Fsp3) is 0.333. The van der Waals surface area contributed by atoms with Gasteiger partial charge in [0.05, 0.1) is 0 Å². The number of rotatable bonds is 7. The fourth-order valence-electron chi connectivity index (χ4n) is 2.33. The van der Waals surface area contributed by atoms with Crippen LogP contribution in [-0.4, -0.2) is 12.6 Å². The summed E-state index contributed by atoms with van der Waals surface area (Å²) in [5.41, 5.74) is 2.73. The van der Waals surface area contributed by atoms with E-state index in [9.17, 15) is 0 Å². The van der Waals surface area contributed by atoms with Gasteiger partial charge in [-0.2, -0.15) is 0 Å². The summed E-state index contributed by atoms with van der Waals surface area (Å²) in [7, 11) is 0. The molecule has 1 N–H and O–H groups in total. The van der Waals surface area contributed by atoms with E-state index < -0.39 is 0 Å². The van der Waals surface area contributed by atoms with Crippen LogP contribution in [0.3, 0.4) is 0 Å². The highest BCUT2D eigenvalue weighted by Gasteiger charge is 2.06. The molecule has 0 heterocycles. The summed E-state index contributed by atoms with van der Waals surface area (Å²) < 4.78 is 0. The molecule has 1 nitrogen and oxygen atoms in total. The molecule has 0 aliphatic heterocycles. The first-order chi connectivity index (χ1) is 9.78. The van der Waals surface area contributed by atoms with E-state index in [0.717, 1.165) is 30.8 Å². The molecular formula is C18H22ClN. The van der Waals surface area contributed by atoms with Gasteiger partial charge in [0.2, 0.25) is 0 Å². The Bertz CT molecular complexity index is 493. The summed E-state index contributed by atoms with van der Waals surface area (Å²) in [5.74, 6) is 0. The minimum Gasteiger partial charge on any atom is -0.313 e. The highest BCUT2D eigenvalue weighted by atomic mass is 35.5. The van der Waals surface area contributed by atoms with Gasteiger partial charge in [0.1, 0.15) is 0 Å². The first kappa shape index (κ1) is 15.1. The van der Waals surface area contributed by atoms with Gasteiger partial charge < -0.3 is 5.32 Å². The third-order valence-corrected chi connectivity index (χ3v) is 3.83. The van der Waals surface area contributed by atoms with Crippen LogP contribution in [0.2, 0.25) is 5.02 Å². The molecule has 0 aromatic heterocycles. The molecule has 0 spiro atoms. The quantitative estimate of drug-likeness (QED) is 0.791. The van der Waals surface area contributed by atoms with E-state index in [-0.39, 0.29) is 0 Å². The summed E-state index contributed by atoms with van der Waals surface area (Å²) in [4.78, 5) is 0. The van der Waals surface area contributed by atoms with Crippen molar-refractivity contribution in [1.82, 2.24) is 5.32 Å². The molecule has 0 radical (unpaired) electrons. The predicted octanol–water partition coefficient (Wildman–Crippen LogP) is 4.49. The van der Waals surface area contributed by atoms with Gasteiger partial charge in [-0.05, 0) is 49.1 Å². The second kappa shape index (κ2) is 8.08. The van der Waals surface area contributed by atoms with Crippen LogP contribution in [0.4, 0.5) is 0 Å². The van der Waals surface area contributed by atoms with Crippen molar-refractivity contribution in [1.29, 1.82) is 0 Å². The molecule has 2 aromatic carbocycles.